The van der Waals surface area contributed by atoms with Gasteiger partial charge in [-0.3, -0.25) is 4.79 Å². The molecule has 3 aromatic rings. The van der Waals surface area contributed by atoms with Crippen LogP contribution in [0.1, 0.15) is 21.7 Å². The van der Waals surface area contributed by atoms with Crippen LogP contribution in [-0.2, 0) is 16.6 Å². The maximum absolute atomic E-state index is 12.4. The van der Waals surface area contributed by atoms with Crippen LogP contribution in [0, 0.1) is 6.92 Å². The van der Waals surface area contributed by atoms with Crippen LogP contribution in [0.2, 0.25) is 5.02 Å². The van der Waals surface area contributed by atoms with E-state index in [2.05, 4.69) is 10.0 Å². The minimum atomic E-state index is -3.70. The second-order valence-corrected chi connectivity index (χ2v) is 8.05. The molecule has 0 unspecified atom stereocenters. The number of benzene rings is 2. The number of furan rings is 1. The van der Waals surface area contributed by atoms with Gasteiger partial charge >= 0.3 is 0 Å². The van der Waals surface area contributed by atoms with Crippen LogP contribution in [0.5, 0.6) is 0 Å². The number of amides is 1. The van der Waals surface area contributed by atoms with E-state index in [9.17, 15) is 13.2 Å². The summed E-state index contributed by atoms with van der Waals surface area (Å²) < 4.78 is 32.4. The summed E-state index contributed by atoms with van der Waals surface area (Å²) in [6.45, 7) is 1.78. The summed E-state index contributed by atoms with van der Waals surface area (Å²) in [5.41, 5.74) is 1.61. The van der Waals surface area contributed by atoms with Gasteiger partial charge in [-0.15, -0.1) is 0 Å². The molecule has 2 aromatic carbocycles. The van der Waals surface area contributed by atoms with Crippen LogP contribution in [-0.4, -0.2) is 14.3 Å². The fourth-order valence-corrected chi connectivity index (χ4v) is 3.61. The summed E-state index contributed by atoms with van der Waals surface area (Å²) >= 11 is 5.82. The van der Waals surface area contributed by atoms with Crippen molar-refractivity contribution < 1.29 is 17.6 Å². The highest BCUT2D eigenvalue weighted by atomic mass is 35.5. The Balaban J connectivity index is 1.72. The maximum Gasteiger partial charge on any atom is 0.255 e. The van der Waals surface area contributed by atoms with Gasteiger partial charge in [0.05, 0.1) is 17.7 Å². The largest absolute Gasteiger partial charge is 0.468 e. The van der Waals surface area contributed by atoms with Crippen molar-refractivity contribution in [1.82, 2.24) is 4.72 Å². The van der Waals surface area contributed by atoms with Crippen LogP contribution in [0.3, 0.4) is 0 Å². The van der Waals surface area contributed by atoms with Crippen molar-refractivity contribution in [1.29, 1.82) is 0 Å². The summed E-state index contributed by atoms with van der Waals surface area (Å²) in [5, 5.41) is 3.31. The van der Waals surface area contributed by atoms with Crippen molar-refractivity contribution in [3.05, 3.63) is 82.8 Å². The summed E-state index contributed by atoms with van der Waals surface area (Å²) in [5.74, 6) is 0.212. The van der Waals surface area contributed by atoms with Gasteiger partial charge in [-0.1, -0.05) is 11.6 Å². The number of carbonyl (C=O) groups excluding carboxylic acids is 1. The average molecular weight is 405 g/mol. The molecule has 3 rings (SSSR count). The monoisotopic (exact) mass is 404 g/mol. The molecule has 0 aliphatic rings. The maximum atomic E-state index is 12.4. The molecule has 0 fully saturated rings. The molecule has 8 heteroatoms. The Morgan fingerprint density at radius 1 is 1.11 bits per heavy atom. The lowest BCUT2D eigenvalue weighted by atomic mass is 10.1. The molecule has 0 aliphatic heterocycles. The number of carbonyl (C=O) groups is 1. The van der Waals surface area contributed by atoms with Gasteiger partial charge in [-0.25, -0.2) is 13.1 Å². The van der Waals surface area contributed by atoms with Crippen LogP contribution in [0.25, 0.3) is 0 Å². The third-order valence-electron chi connectivity index (χ3n) is 3.88. The molecule has 1 amide bonds. The molecule has 0 spiro atoms. The lowest BCUT2D eigenvalue weighted by molar-refractivity contribution is 0.102. The summed E-state index contributed by atoms with van der Waals surface area (Å²) in [4.78, 5) is 12.4. The van der Waals surface area contributed by atoms with Gasteiger partial charge in [0, 0.05) is 16.3 Å². The number of anilines is 1. The van der Waals surface area contributed by atoms with Gasteiger partial charge in [-0.2, -0.15) is 0 Å². The number of nitrogens with one attached hydrogen (secondary N) is 2. The smallest absolute Gasteiger partial charge is 0.255 e. The minimum absolute atomic E-state index is 0.0590. The van der Waals surface area contributed by atoms with Crippen LogP contribution >= 0.6 is 11.6 Å². The molecule has 27 heavy (non-hydrogen) atoms. The average Bonchev–Trinajstić information content (AvgIpc) is 3.16. The molecule has 0 bridgehead atoms. The number of halogens is 1. The van der Waals surface area contributed by atoms with Gasteiger partial charge in [0.25, 0.3) is 5.91 Å². The van der Waals surface area contributed by atoms with Gasteiger partial charge in [0.2, 0.25) is 10.0 Å². The SMILES string of the molecule is Cc1cc(S(=O)(=O)NCc2ccco2)ccc1NC(=O)c1ccc(Cl)cc1. The third-order valence-corrected chi connectivity index (χ3v) is 5.53. The Hall–Kier alpha value is -2.61. The fraction of sp³-hybridized carbons (Fsp3) is 0.105. The molecule has 0 atom stereocenters. The number of aryl methyl sites for hydroxylation is 1. The van der Waals surface area contributed by atoms with E-state index in [0.717, 1.165) is 0 Å². The Bertz CT molecular complexity index is 1050. The van der Waals surface area contributed by atoms with E-state index in [1.54, 1.807) is 49.4 Å². The summed E-state index contributed by atoms with van der Waals surface area (Å²) in [6.07, 6.45) is 1.48. The number of sulfonamides is 1. The molecule has 0 saturated heterocycles. The van der Waals surface area contributed by atoms with E-state index in [-0.39, 0.29) is 17.3 Å². The molecule has 0 radical (unpaired) electrons. The number of hydrogen-bond acceptors (Lipinski definition) is 4. The highest BCUT2D eigenvalue weighted by Gasteiger charge is 2.16. The third kappa shape index (κ3) is 4.77. The zero-order chi connectivity index (χ0) is 19.4. The predicted molar refractivity (Wildman–Crippen MR) is 103 cm³/mol. The highest BCUT2D eigenvalue weighted by molar-refractivity contribution is 7.89. The van der Waals surface area contributed by atoms with Crippen molar-refractivity contribution >= 4 is 33.2 Å². The molecular formula is C19H17ClN2O4S. The lowest BCUT2D eigenvalue weighted by Crippen LogP contribution is -2.23. The second kappa shape index (κ2) is 7.96. The van der Waals surface area contributed by atoms with Gasteiger partial charge in [-0.05, 0) is 67.1 Å². The highest BCUT2D eigenvalue weighted by Crippen LogP contribution is 2.21. The first-order valence-electron chi connectivity index (χ1n) is 8.05. The molecule has 0 saturated carbocycles. The molecule has 0 aliphatic carbocycles. The molecule has 6 nitrogen and oxygen atoms in total. The van der Waals surface area contributed by atoms with Crippen LogP contribution in [0.4, 0.5) is 5.69 Å². The standard InChI is InChI=1S/C19H17ClN2O4S/c1-13-11-17(27(24,25)21-12-16-3-2-10-26-16)8-9-18(13)22-19(23)14-4-6-15(20)7-5-14/h2-11,21H,12H2,1H3,(H,22,23). The summed E-state index contributed by atoms with van der Waals surface area (Å²) in [6, 6.07) is 14.4. The molecule has 2 N–H and O–H groups in total. The Morgan fingerprint density at radius 2 is 1.85 bits per heavy atom. The number of rotatable bonds is 6. The first kappa shape index (κ1) is 19.2. The van der Waals surface area contributed by atoms with E-state index < -0.39 is 10.0 Å². The van der Waals surface area contributed by atoms with Crippen molar-refractivity contribution in [3.8, 4) is 0 Å². The summed E-state index contributed by atoms with van der Waals surface area (Å²) in [7, 11) is -3.70. The zero-order valence-corrected chi connectivity index (χ0v) is 16.0. The normalized spacial score (nSPS) is 11.3. The fourth-order valence-electron chi connectivity index (χ4n) is 2.40. The van der Waals surface area contributed by atoms with E-state index in [1.165, 1.54) is 18.4 Å². The second-order valence-electron chi connectivity index (χ2n) is 5.84. The number of hydrogen-bond donors (Lipinski definition) is 2. The van der Waals surface area contributed by atoms with Crippen molar-refractivity contribution in [2.45, 2.75) is 18.4 Å². The lowest BCUT2D eigenvalue weighted by Gasteiger charge is -2.11. The van der Waals surface area contributed by atoms with Crippen molar-refractivity contribution in [3.63, 3.8) is 0 Å². The van der Waals surface area contributed by atoms with Gasteiger partial charge in [0.15, 0.2) is 0 Å². The van der Waals surface area contributed by atoms with Crippen molar-refractivity contribution in [2.75, 3.05) is 5.32 Å². The molecule has 140 valence electrons. The molecule has 1 heterocycles. The zero-order valence-electron chi connectivity index (χ0n) is 14.4. The van der Waals surface area contributed by atoms with E-state index in [4.69, 9.17) is 16.0 Å². The van der Waals surface area contributed by atoms with E-state index in [1.807, 2.05) is 0 Å². The Labute approximate surface area is 162 Å². The van der Waals surface area contributed by atoms with E-state index >= 15 is 0 Å². The Morgan fingerprint density at radius 3 is 2.48 bits per heavy atom. The van der Waals surface area contributed by atoms with Crippen molar-refractivity contribution in [2.24, 2.45) is 0 Å². The predicted octanol–water partition coefficient (Wildman–Crippen LogP) is 3.97. The van der Waals surface area contributed by atoms with E-state index in [0.29, 0.717) is 27.6 Å². The van der Waals surface area contributed by atoms with Gasteiger partial charge < -0.3 is 9.73 Å². The topological polar surface area (TPSA) is 88.4 Å². The first-order valence-corrected chi connectivity index (χ1v) is 9.91. The van der Waals surface area contributed by atoms with Crippen LogP contribution < -0.4 is 10.0 Å². The van der Waals surface area contributed by atoms with Crippen LogP contribution in [0.15, 0.2) is 70.2 Å². The minimum Gasteiger partial charge on any atom is -0.468 e. The first-order chi connectivity index (χ1) is 12.8. The quantitative estimate of drug-likeness (QED) is 0.650. The molecular weight excluding hydrogens is 388 g/mol. The molecule has 1 aromatic heterocycles. The van der Waals surface area contributed by atoms with Gasteiger partial charge in [0.1, 0.15) is 5.76 Å². The Kier molecular flexibility index (Phi) is 5.65.